The number of hydrogen-bond acceptors (Lipinski definition) is 3. The van der Waals surface area contributed by atoms with Crippen molar-refractivity contribution < 1.29 is 9.53 Å². The SMILES string of the molecule is C=C(/C=C\C=C/N)COC(N)=O. The molecule has 0 unspecified atom stereocenters. The molecule has 0 fully saturated rings. The Balaban J connectivity index is 3.67. The van der Waals surface area contributed by atoms with Gasteiger partial charge in [0, 0.05) is 0 Å². The summed E-state index contributed by atoms with van der Waals surface area (Å²) in [5, 5.41) is 0. The third kappa shape index (κ3) is 6.41. The molecule has 0 heterocycles. The number of nitrogens with two attached hydrogens (primary N) is 2. The van der Waals surface area contributed by atoms with Gasteiger partial charge in [-0.15, -0.1) is 0 Å². The van der Waals surface area contributed by atoms with E-state index in [1.807, 2.05) is 0 Å². The lowest BCUT2D eigenvalue weighted by Gasteiger charge is -1.98. The van der Waals surface area contributed by atoms with Crippen molar-refractivity contribution in [2.45, 2.75) is 0 Å². The third-order valence-electron chi connectivity index (χ3n) is 0.954. The third-order valence-corrected chi connectivity index (χ3v) is 0.954. The number of carbonyl (C=O) groups excluding carboxylic acids is 1. The molecule has 0 aliphatic rings. The fourth-order valence-electron chi connectivity index (χ4n) is 0.468. The van der Waals surface area contributed by atoms with Crippen LogP contribution in [0.15, 0.2) is 36.6 Å². The van der Waals surface area contributed by atoms with Crippen molar-refractivity contribution in [3.63, 3.8) is 0 Å². The van der Waals surface area contributed by atoms with Crippen LogP contribution in [0.4, 0.5) is 4.79 Å². The first kappa shape index (κ1) is 10.3. The Morgan fingerprint density at radius 1 is 1.50 bits per heavy atom. The second-order valence-electron chi connectivity index (χ2n) is 2.01. The van der Waals surface area contributed by atoms with E-state index in [1.54, 1.807) is 18.2 Å². The average Bonchev–Trinajstić information content (AvgIpc) is 2.01. The monoisotopic (exact) mass is 168 g/mol. The molecule has 0 aliphatic heterocycles. The predicted molar refractivity (Wildman–Crippen MR) is 47.1 cm³/mol. The van der Waals surface area contributed by atoms with Gasteiger partial charge in [0.25, 0.3) is 0 Å². The molecule has 0 atom stereocenters. The summed E-state index contributed by atoms with van der Waals surface area (Å²) in [7, 11) is 0. The van der Waals surface area contributed by atoms with Gasteiger partial charge < -0.3 is 16.2 Å². The Morgan fingerprint density at radius 3 is 2.67 bits per heavy atom. The molecule has 0 saturated carbocycles. The molecule has 1 amide bonds. The minimum absolute atomic E-state index is 0.101. The Labute approximate surface area is 71.2 Å². The first-order valence-electron chi connectivity index (χ1n) is 3.31. The molecular weight excluding hydrogens is 156 g/mol. The highest BCUT2D eigenvalue weighted by Crippen LogP contribution is 1.93. The molecule has 0 spiro atoms. The normalized spacial score (nSPS) is 10.7. The molecule has 66 valence electrons. The van der Waals surface area contributed by atoms with Crippen molar-refractivity contribution in [2.75, 3.05) is 6.61 Å². The molecule has 0 bridgehead atoms. The van der Waals surface area contributed by atoms with E-state index >= 15 is 0 Å². The van der Waals surface area contributed by atoms with E-state index in [2.05, 4.69) is 11.3 Å². The van der Waals surface area contributed by atoms with Crippen molar-refractivity contribution in [2.24, 2.45) is 11.5 Å². The van der Waals surface area contributed by atoms with Gasteiger partial charge in [0.05, 0.1) is 0 Å². The number of amides is 1. The molecule has 4 N–H and O–H groups in total. The first-order valence-corrected chi connectivity index (χ1v) is 3.31. The Morgan fingerprint density at radius 2 is 2.17 bits per heavy atom. The van der Waals surface area contributed by atoms with Gasteiger partial charge in [0.2, 0.25) is 0 Å². The van der Waals surface area contributed by atoms with Gasteiger partial charge in [-0.25, -0.2) is 4.79 Å². The Kier molecular flexibility index (Phi) is 5.17. The Hall–Kier alpha value is -1.71. The number of hydrogen-bond donors (Lipinski definition) is 2. The maximum atomic E-state index is 10.1. The van der Waals surface area contributed by atoms with Crippen LogP contribution in [0.5, 0.6) is 0 Å². The molecule has 4 heteroatoms. The maximum absolute atomic E-state index is 10.1. The van der Waals surface area contributed by atoms with Gasteiger partial charge in [-0.3, -0.25) is 0 Å². The van der Waals surface area contributed by atoms with E-state index in [0.717, 1.165) is 0 Å². The summed E-state index contributed by atoms with van der Waals surface area (Å²) in [4.78, 5) is 10.1. The topological polar surface area (TPSA) is 78.3 Å². The second kappa shape index (κ2) is 6.03. The number of allylic oxidation sites excluding steroid dienone is 2. The number of primary amides is 1. The molecule has 0 radical (unpaired) electrons. The minimum atomic E-state index is -0.807. The largest absolute Gasteiger partial charge is 0.445 e. The first-order chi connectivity index (χ1) is 5.66. The second-order valence-corrected chi connectivity index (χ2v) is 2.01. The molecule has 12 heavy (non-hydrogen) atoms. The minimum Gasteiger partial charge on any atom is -0.445 e. The number of carbonyl (C=O) groups is 1. The average molecular weight is 168 g/mol. The summed E-state index contributed by atoms with van der Waals surface area (Å²) in [6, 6.07) is 0. The Bertz CT molecular complexity index is 219. The van der Waals surface area contributed by atoms with Crippen LogP contribution in [-0.2, 0) is 4.74 Å². The van der Waals surface area contributed by atoms with Gasteiger partial charge in [-0.2, -0.15) is 0 Å². The molecule has 0 saturated heterocycles. The summed E-state index contributed by atoms with van der Waals surface area (Å²) < 4.78 is 4.47. The lowest BCUT2D eigenvalue weighted by Crippen LogP contribution is -2.13. The van der Waals surface area contributed by atoms with Gasteiger partial charge in [-0.05, 0) is 17.8 Å². The van der Waals surface area contributed by atoms with E-state index in [4.69, 9.17) is 11.5 Å². The van der Waals surface area contributed by atoms with E-state index < -0.39 is 6.09 Å². The van der Waals surface area contributed by atoms with Crippen molar-refractivity contribution in [1.82, 2.24) is 0 Å². The van der Waals surface area contributed by atoms with Crippen LogP contribution in [0.1, 0.15) is 0 Å². The van der Waals surface area contributed by atoms with Crippen LogP contribution in [0.2, 0.25) is 0 Å². The molecular formula is C8H12N2O2. The lowest BCUT2D eigenvalue weighted by atomic mass is 10.3. The lowest BCUT2D eigenvalue weighted by molar-refractivity contribution is 0.167. The van der Waals surface area contributed by atoms with Gasteiger partial charge in [0.15, 0.2) is 0 Å². The standard InChI is InChI=1S/C8H12N2O2/c1-7(4-2-3-5-9)6-12-8(10)11/h2-5H,1,6,9H2,(H2,10,11)/b4-2-,5-3-. The summed E-state index contributed by atoms with van der Waals surface area (Å²) in [6.07, 6.45) is 5.58. The van der Waals surface area contributed by atoms with Crippen molar-refractivity contribution in [3.05, 3.63) is 36.6 Å². The summed E-state index contributed by atoms with van der Waals surface area (Å²) in [5.74, 6) is 0. The maximum Gasteiger partial charge on any atom is 0.404 e. The molecule has 0 aromatic carbocycles. The van der Waals surface area contributed by atoms with Crippen LogP contribution in [0.3, 0.4) is 0 Å². The molecule has 0 rings (SSSR count). The van der Waals surface area contributed by atoms with Gasteiger partial charge >= 0.3 is 6.09 Å². The summed E-state index contributed by atoms with van der Waals surface area (Å²) in [5.41, 5.74) is 10.5. The van der Waals surface area contributed by atoms with Gasteiger partial charge in [-0.1, -0.05) is 18.7 Å². The van der Waals surface area contributed by atoms with Gasteiger partial charge in [0.1, 0.15) is 6.61 Å². The predicted octanol–water partition coefficient (Wildman–Crippen LogP) is 0.667. The molecule has 0 aromatic heterocycles. The molecule has 0 aliphatic carbocycles. The van der Waals surface area contributed by atoms with E-state index in [1.165, 1.54) is 6.20 Å². The number of rotatable bonds is 4. The van der Waals surface area contributed by atoms with Crippen LogP contribution in [-0.4, -0.2) is 12.7 Å². The van der Waals surface area contributed by atoms with Crippen molar-refractivity contribution in [1.29, 1.82) is 0 Å². The smallest absolute Gasteiger partial charge is 0.404 e. The van der Waals surface area contributed by atoms with E-state index in [0.29, 0.717) is 5.57 Å². The van der Waals surface area contributed by atoms with E-state index in [9.17, 15) is 4.79 Å². The zero-order valence-electron chi connectivity index (χ0n) is 6.69. The summed E-state index contributed by atoms with van der Waals surface area (Å²) >= 11 is 0. The zero-order valence-corrected chi connectivity index (χ0v) is 6.69. The van der Waals surface area contributed by atoms with Crippen LogP contribution >= 0.6 is 0 Å². The van der Waals surface area contributed by atoms with Crippen LogP contribution in [0.25, 0.3) is 0 Å². The molecule has 0 aromatic rings. The fourth-order valence-corrected chi connectivity index (χ4v) is 0.468. The highest BCUT2D eigenvalue weighted by Gasteiger charge is 1.92. The quantitative estimate of drug-likeness (QED) is 0.605. The highest BCUT2D eigenvalue weighted by molar-refractivity contribution is 5.64. The summed E-state index contributed by atoms with van der Waals surface area (Å²) in [6.45, 7) is 3.71. The van der Waals surface area contributed by atoms with Crippen molar-refractivity contribution in [3.8, 4) is 0 Å². The van der Waals surface area contributed by atoms with Crippen LogP contribution in [0, 0.1) is 0 Å². The zero-order chi connectivity index (χ0) is 9.40. The van der Waals surface area contributed by atoms with Crippen LogP contribution < -0.4 is 11.5 Å². The number of ether oxygens (including phenoxy) is 1. The highest BCUT2D eigenvalue weighted by atomic mass is 16.5. The van der Waals surface area contributed by atoms with Crippen molar-refractivity contribution >= 4 is 6.09 Å². The fraction of sp³-hybridized carbons (Fsp3) is 0.125. The van der Waals surface area contributed by atoms with E-state index in [-0.39, 0.29) is 6.61 Å². The molecule has 4 nitrogen and oxygen atoms in total.